The third kappa shape index (κ3) is 4.67. The summed E-state index contributed by atoms with van der Waals surface area (Å²) in [5, 5.41) is 3.42. The average Bonchev–Trinajstić information content (AvgIpc) is 2.66. The lowest BCUT2D eigenvalue weighted by atomic mass is 9.95. The molecule has 0 saturated carbocycles. The summed E-state index contributed by atoms with van der Waals surface area (Å²) in [5.41, 5.74) is 1.33. The Bertz CT molecular complexity index is 211. The van der Waals surface area contributed by atoms with Crippen LogP contribution in [0.25, 0.3) is 0 Å². The first-order valence-electron chi connectivity index (χ1n) is 6.73. The standard InChI is InChI=1S/C14H28N2/c1-5-7-15-9-13(4)10-16-8-6-14(11-16)12(2)3/h12,14-15H,4-11H2,1-3H3. The fourth-order valence-corrected chi connectivity index (χ4v) is 2.36. The van der Waals surface area contributed by atoms with E-state index in [4.69, 9.17) is 0 Å². The molecule has 16 heavy (non-hydrogen) atoms. The molecule has 1 aliphatic heterocycles. The summed E-state index contributed by atoms with van der Waals surface area (Å²) in [5.74, 6) is 1.73. The summed E-state index contributed by atoms with van der Waals surface area (Å²) in [7, 11) is 0. The Hall–Kier alpha value is -0.340. The Morgan fingerprint density at radius 2 is 2.25 bits per heavy atom. The largest absolute Gasteiger partial charge is 0.313 e. The van der Waals surface area contributed by atoms with Crippen molar-refractivity contribution in [1.82, 2.24) is 10.2 Å². The average molecular weight is 224 g/mol. The number of hydrogen-bond donors (Lipinski definition) is 1. The molecular formula is C14H28N2. The van der Waals surface area contributed by atoms with E-state index in [1.807, 2.05) is 0 Å². The SMILES string of the molecule is C=C(CNCCC)CN1CCC(C(C)C)C1. The fraction of sp³-hybridized carbons (Fsp3) is 0.857. The first-order valence-corrected chi connectivity index (χ1v) is 6.73. The Labute approximate surface area is 101 Å². The first-order chi connectivity index (χ1) is 7.63. The topological polar surface area (TPSA) is 15.3 Å². The van der Waals surface area contributed by atoms with Crippen molar-refractivity contribution in [3.05, 3.63) is 12.2 Å². The molecule has 0 aromatic carbocycles. The van der Waals surface area contributed by atoms with Crippen LogP contribution in [0.1, 0.15) is 33.6 Å². The van der Waals surface area contributed by atoms with Crippen LogP contribution in [-0.2, 0) is 0 Å². The smallest absolute Gasteiger partial charge is 0.0202 e. The molecule has 0 aromatic heterocycles. The molecule has 1 saturated heterocycles. The predicted octanol–water partition coefficient (Wildman–Crippen LogP) is 2.52. The molecule has 2 heteroatoms. The van der Waals surface area contributed by atoms with Crippen LogP contribution in [0.3, 0.4) is 0 Å². The molecule has 1 unspecified atom stereocenters. The Balaban J connectivity index is 2.16. The molecule has 0 aromatic rings. The highest BCUT2D eigenvalue weighted by atomic mass is 15.1. The molecule has 1 atom stereocenters. The normalized spacial score (nSPS) is 21.9. The summed E-state index contributed by atoms with van der Waals surface area (Å²) in [6.45, 7) is 16.7. The summed E-state index contributed by atoms with van der Waals surface area (Å²) in [6.07, 6.45) is 2.57. The van der Waals surface area contributed by atoms with Gasteiger partial charge in [-0.25, -0.2) is 0 Å². The zero-order valence-electron chi connectivity index (χ0n) is 11.3. The summed E-state index contributed by atoms with van der Waals surface area (Å²) >= 11 is 0. The third-order valence-corrected chi connectivity index (χ3v) is 3.50. The van der Waals surface area contributed by atoms with Crippen LogP contribution in [-0.4, -0.2) is 37.6 Å². The van der Waals surface area contributed by atoms with E-state index < -0.39 is 0 Å². The molecule has 0 spiro atoms. The van der Waals surface area contributed by atoms with Gasteiger partial charge in [0, 0.05) is 19.6 Å². The minimum Gasteiger partial charge on any atom is -0.313 e. The molecule has 1 aliphatic rings. The zero-order valence-corrected chi connectivity index (χ0v) is 11.3. The first kappa shape index (κ1) is 13.7. The van der Waals surface area contributed by atoms with Crippen molar-refractivity contribution >= 4 is 0 Å². The molecule has 0 amide bonds. The lowest BCUT2D eigenvalue weighted by Crippen LogP contribution is -2.28. The molecule has 0 bridgehead atoms. The maximum Gasteiger partial charge on any atom is 0.0202 e. The minimum atomic E-state index is 0.830. The number of hydrogen-bond acceptors (Lipinski definition) is 2. The van der Waals surface area contributed by atoms with E-state index in [-0.39, 0.29) is 0 Å². The number of nitrogens with zero attached hydrogens (tertiary/aromatic N) is 1. The molecule has 1 N–H and O–H groups in total. The molecule has 1 rings (SSSR count). The highest BCUT2D eigenvalue weighted by Gasteiger charge is 2.24. The second kappa shape index (κ2) is 7.08. The predicted molar refractivity (Wildman–Crippen MR) is 71.7 cm³/mol. The van der Waals surface area contributed by atoms with Gasteiger partial charge in [-0.3, -0.25) is 4.90 Å². The van der Waals surface area contributed by atoms with E-state index in [1.165, 1.54) is 31.5 Å². The van der Waals surface area contributed by atoms with Gasteiger partial charge in [0.15, 0.2) is 0 Å². The molecule has 0 aliphatic carbocycles. The lowest BCUT2D eigenvalue weighted by Gasteiger charge is -2.19. The van der Waals surface area contributed by atoms with E-state index in [2.05, 4.69) is 37.6 Å². The van der Waals surface area contributed by atoms with Crippen LogP contribution >= 0.6 is 0 Å². The maximum atomic E-state index is 4.16. The quantitative estimate of drug-likeness (QED) is 0.528. The highest BCUT2D eigenvalue weighted by Crippen LogP contribution is 2.23. The van der Waals surface area contributed by atoms with Crippen molar-refractivity contribution < 1.29 is 0 Å². The second-order valence-electron chi connectivity index (χ2n) is 5.45. The van der Waals surface area contributed by atoms with Gasteiger partial charge >= 0.3 is 0 Å². The van der Waals surface area contributed by atoms with Gasteiger partial charge in [-0.15, -0.1) is 0 Å². The van der Waals surface area contributed by atoms with Gasteiger partial charge in [0.25, 0.3) is 0 Å². The fourth-order valence-electron chi connectivity index (χ4n) is 2.36. The molecule has 94 valence electrons. The van der Waals surface area contributed by atoms with Crippen molar-refractivity contribution in [2.45, 2.75) is 33.6 Å². The van der Waals surface area contributed by atoms with E-state index in [0.29, 0.717) is 0 Å². The van der Waals surface area contributed by atoms with Gasteiger partial charge in [0.05, 0.1) is 0 Å². The van der Waals surface area contributed by atoms with Crippen LogP contribution in [0.5, 0.6) is 0 Å². The highest BCUT2D eigenvalue weighted by molar-refractivity contribution is 5.01. The summed E-state index contributed by atoms with van der Waals surface area (Å²) < 4.78 is 0. The molecule has 1 fully saturated rings. The number of likely N-dealkylation sites (tertiary alicyclic amines) is 1. The van der Waals surface area contributed by atoms with Crippen molar-refractivity contribution in [2.24, 2.45) is 11.8 Å². The summed E-state index contributed by atoms with van der Waals surface area (Å²) in [6, 6.07) is 0. The van der Waals surface area contributed by atoms with E-state index in [9.17, 15) is 0 Å². The maximum absolute atomic E-state index is 4.16. The van der Waals surface area contributed by atoms with Crippen molar-refractivity contribution in [3.63, 3.8) is 0 Å². The van der Waals surface area contributed by atoms with Gasteiger partial charge < -0.3 is 5.32 Å². The van der Waals surface area contributed by atoms with E-state index in [1.54, 1.807) is 0 Å². The minimum absolute atomic E-state index is 0.830. The monoisotopic (exact) mass is 224 g/mol. The van der Waals surface area contributed by atoms with Gasteiger partial charge in [0.2, 0.25) is 0 Å². The van der Waals surface area contributed by atoms with Gasteiger partial charge in [-0.2, -0.15) is 0 Å². The zero-order chi connectivity index (χ0) is 12.0. The Morgan fingerprint density at radius 1 is 1.50 bits per heavy atom. The van der Waals surface area contributed by atoms with E-state index in [0.717, 1.165) is 31.5 Å². The van der Waals surface area contributed by atoms with Crippen LogP contribution in [0.15, 0.2) is 12.2 Å². The second-order valence-corrected chi connectivity index (χ2v) is 5.45. The van der Waals surface area contributed by atoms with Crippen molar-refractivity contribution in [3.8, 4) is 0 Å². The van der Waals surface area contributed by atoms with Crippen LogP contribution in [0.4, 0.5) is 0 Å². The molecular weight excluding hydrogens is 196 g/mol. The lowest BCUT2D eigenvalue weighted by molar-refractivity contribution is 0.321. The van der Waals surface area contributed by atoms with Crippen LogP contribution < -0.4 is 5.32 Å². The van der Waals surface area contributed by atoms with Crippen LogP contribution in [0, 0.1) is 11.8 Å². The number of nitrogens with one attached hydrogen (secondary N) is 1. The van der Waals surface area contributed by atoms with Crippen molar-refractivity contribution in [2.75, 3.05) is 32.7 Å². The third-order valence-electron chi connectivity index (χ3n) is 3.50. The van der Waals surface area contributed by atoms with Crippen molar-refractivity contribution in [1.29, 1.82) is 0 Å². The molecule has 2 nitrogen and oxygen atoms in total. The molecule has 1 heterocycles. The van der Waals surface area contributed by atoms with Crippen LogP contribution in [0.2, 0.25) is 0 Å². The Kier molecular flexibility index (Phi) is 6.07. The van der Waals surface area contributed by atoms with Gasteiger partial charge in [-0.1, -0.05) is 27.4 Å². The van der Waals surface area contributed by atoms with Gasteiger partial charge in [0.1, 0.15) is 0 Å². The molecule has 0 radical (unpaired) electrons. The Morgan fingerprint density at radius 3 is 2.81 bits per heavy atom. The summed E-state index contributed by atoms with van der Waals surface area (Å²) in [4.78, 5) is 2.56. The van der Waals surface area contributed by atoms with E-state index >= 15 is 0 Å². The van der Waals surface area contributed by atoms with Gasteiger partial charge in [-0.05, 0) is 43.3 Å². The number of rotatable bonds is 7.